The van der Waals surface area contributed by atoms with Crippen LogP contribution in [-0.4, -0.2) is 42.0 Å². The first kappa shape index (κ1) is 16.5. The molecule has 122 valence electrons. The first-order chi connectivity index (χ1) is 10.3. The average molecular weight is 319 g/mol. The third-order valence-electron chi connectivity index (χ3n) is 3.67. The Morgan fingerprint density at radius 1 is 1.18 bits per heavy atom. The number of halogens is 4. The molecule has 1 aromatic carbocycles. The standard InChI is InChI=1S/C14H17F4N3O/c15-11-3-2-10(12(8-11)14(16,17)18)9-20-4-1-5-21(7-6-20)13(19)22/h2-3,8H,1,4-7,9H2,(H2,19,22). The van der Waals surface area contributed by atoms with Crippen molar-refractivity contribution in [3.63, 3.8) is 0 Å². The fourth-order valence-corrected chi connectivity index (χ4v) is 2.54. The van der Waals surface area contributed by atoms with Gasteiger partial charge in [-0.25, -0.2) is 9.18 Å². The number of rotatable bonds is 2. The van der Waals surface area contributed by atoms with Crippen LogP contribution in [0.15, 0.2) is 18.2 Å². The Morgan fingerprint density at radius 2 is 1.91 bits per heavy atom. The number of benzene rings is 1. The van der Waals surface area contributed by atoms with Gasteiger partial charge in [-0.15, -0.1) is 0 Å². The quantitative estimate of drug-likeness (QED) is 0.851. The van der Waals surface area contributed by atoms with Crippen molar-refractivity contribution in [2.24, 2.45) is 5.73 Å². The summed E-state index contributed by atoms with van der Waals surface area (Å²) in [4.78, 5) is 14.4. The number of nitrogens with two attached hydrogens (primary N) is 1. The van der Waals surface area contributed by atoms with Gasteiger partial charge in [0.15, 0.2) is 0 Å². The van der Waals surface area contributed by atoms with Crippen LogP contribution in [0.1, 0.15) is 17.5 Å². The predicted octanol–water partition coefficient (Wildman–Crippen LogP) is 2.43. The molecule has 2 amide bonds. The van der Waals surface area contributed by atoms with Gasteiger partial charge in [0.2, 0.25) is 0 Å². The van der Waals surface area contributed by atoms with E-state index in [1.54, 1.807) is 0 Å². The minimum absolute atomic E-state index is 0.0291. The Balaban J connectivity index is 2.12. The number of carbonyl (C=O) groups is 1. The molecule has 22 heavy (non-hydrogen) atoms. The molecular weight excluding hydrogens is 302 g/mol. The summed E-state index contributed by atoms with van der Waals surface area (Å²) in [7, 11) is 0. The van der Waals surface area contributed by atoms with Crippen molar-refractivity contribution in [3.05, 3.63) is 35.1 Å². The van der Waals surface area contributed by atoms with Crippen molar-refractivity contribution in [2.45, 2.75) is 19.1 Å². The first-order valence-electron chi connectivity index (χ1n) is 6.90. The number of nitrogens with zero attached hydrogens (tertiary/aromatic N) is 2. The van der Waals surface area contributed by atoms with Crippen LogP contribution in [0.25, 0.3) is 0 Å². The minimum Gasteiger partial charge on any atom is -0.351 e. The number of hydrogen-bond donors (Lipinski definition) is 1. The average Bonchev–Trinajstić information content (AvgIpc) is 2.65. The van der Waals surface area contributed by atoms with Crippen LogP contribution in [0, 0.1) is 5.82 Å². The normalized spacial score (nSPS) is 17.4. The zero-order valence-electron chi connectivity index (χ0n) is 11.9. The summed E-state index contributed by atoms with van der Waals surface area (Å²) in [6.07, 6.45) is -3.96. The van der Waals surface area contributed by atoms with Gasteiger partial charge in [0.25, 0.3) is 0 Å². The zero-order chi connectivity index (χ0) is 16.3. The summed E-state index contributed by atoms with van der Waals surface area (Å²) in [6.45, 7) is 1.90. The molecule has 0 bridgehead atoms. The van der Waals surface area contributed by atoms with Gasteiger partial charge in [0, 0.05) is 32.7 Å². The highest BCUT2D eigenvalue weighted by molar-refractivity contribution is 5.71. The number of primary amides is 1. The van der Waals surface area contributed by atoms with Crippen LogP contribution in [0.5, 0.6) is 0 Å². The molecule has 1 heterocycles. The maximum atomic E-state index is 13.1. The molecule has 8 heteroatoms. The summed E-state index contributed by atoms with van der Waals surface area (Å²) in [5.74, 6) is -0.910. The Morgan fingerprint density at radius 3 is 2.55 bits per heavy atom. The molecule has 1 fully saturated rings. The molecule has 4 nitrogen and oxygen atoms in total. The van der Waals surface area contributed by atoms with E-state index in [-0.39, 0.29) is 12.1 Å². The highest BCUT2D eigenvalue weighted by atomic mass is 19.4. The van der Waals surface area contributed by atoms with Crippen molar-refractivity contribution in [1.29, 1.82) is 0 Å². The lowest BCUT2D eigenvalue weighted by molar-refractivity contribution is -0.138. The summed E-state index contributed by atoms with van der Waals surface area (Å²) in [5.41, 5.74) is 4.28. The van der Waals surface area contributed by atoms with Gasteiger partial charge in [-0.3, -0.25) is 4.90 Å². The lowest BCUT2D eigenvalue weighted by atomic mass is 10.1. The van der Waals surface area contributed by atoms with E-state index in [0.29, 0.717) is 38.7 Å². The minimum atomic E-state index is -4.59. The Labute approximate surface area is 125 Å². The molecule has 2 N–H and O–H groups in total. The molecule has 1 aromatic rings. The Hall–Kier alpha value is -1.83. The SMILES string of the molecule is NC(=O)N1CCCN(Cc2ccc(F)cc2C(F)(F)F)CC1. The molecule has 0 saturated carbocycles. The van der Waals surface area contributed by atoms with E-state index in [2.05, 4.69) is 0 Å². The van der Waals surface area contributed by atoms with Crippen molar-refractivity contribution >= 4 is 6.03 Å². The molecular formula is C14H17F4N3O. The Bertz CT molecular complexity index is 547. The number of amides is 2. The smallest absolute Gasteiger partial charge is 0.351 e. The third kappa shape index (κ3) is 4.09. The van der Waals surface area contributed by atoms with E-state index in [9.17, 15) is 22.4 Å². The molecule has 0 spiro atoms. The predicted molar refractivity (Wildman–Crippen MR) is 72.5 cm³/mol. The van der Waals surface area contributed by atoms with Crippen LogP contribution in [-0.2, 0) is 12.7 Å². The summed E-state index contributed by atoms with van der Waals surface area (Å²) in [5, 5.41) is 0. The van der Waals surface area contributed by atoms with Gasteiger partial charge in [-0.2, -0.15) is 13.2 Å². The van der Waals surface area contributed by atoms with Crippen LogP contribution >= 0.6 is 0 Å². The fraction of sp³-hybridized carbons (Fsp3) is 0.500. The number of urea groups is 1. The van der Waals surface area contributed by atoms with Crippen LogP contribution in [0.3, 0.4) is 0 Å². The van der Waals surface area contributed by atoms with Gasteiger partial charge in [-0.05, 0) is 24.1 Å². The lowest BCUT2D eigenvalue weighted by Gasteiger charge is -2.22. The van der Waals surface area contributed by atoms with Crippen molar-refractivity contribution in [3.8, 4) is 0 Å². The monoisotopic (exact) mass is 319 g/mol. The maximum absolute atomic E-state index is 13.1. The molecule has 0 aliphatic carbocycles. The topological polar surface area (TPSA) is 49.6 Å². The molecule has 0 unspecified atom stereocenters. The van der Waals surface area contributed by atoms with E-state index in [4.69, 9.17) is 5.73 Å². The third-order valence-corrected chi connectivity index (χ3v) is 3.67. The zero-order valence-corrected chi connectivity index (χ0v) is 11.9. The second-order valence-electron chi connectivity index (χ2n) is 5.25. The first-order valence-corrected chi connectivity index (χ1v) is 6.90. The van der Waals surface area contributed by atoms with Gasteiger partial charge in [-0.1, -0.05) is 6.07 Å². The number of alkyl halides is 3. The maximum Gasteiger partial charge on any atom is 0.416 e. The lowest BCUT2D eigenvalue weighted by Crippen LogP contribution is -2.38. The van der Waals surface area contributed by atoms with E-state index in [1.807, 2.05) is 4.90 Å². The van der Waals surface area contributed by atoms with Gasteiger partial charge in [0.05, 0.1) is 5.56 Å². The van der Waals surface area contributed by atoms with E-state index in [1.165, 1.54) is 4.90 Å². The second kappa shape index (κ2) is 6.51. The number of carbonyl (C=O) groups excluding carboxylic acids is 1. The molecule has 1 aliphatic heterocycles. The summed E-state index contributed by atoms with van der Waals surface area (Å²) in [6, 6.07) is 2.18. The van der Waals surface area contributed by atoms with Crippen molar-refractivity contribution in [2.75, 3.05) is 26.2 Å². The largest absolute Gasteiger partial charge is 0.416 e. The second-order valence-corrected chi connectivity index (χ2v) is 5.25. The molecule has 1 aliphatic rings. The van der Waals surface area contributed by atoms with Gasteiger partial charge >= 0.3 is 12.2 Å². The van der Waals surface area contributed by atoms with Crippen LogP contribution in [0.4, 0.5) is 22.4 Å². The number of hydrogen-bond acceptors (Lipinski definition) is 2. The molecule has 0 atom stereocenters. The van der Waals surface area contributed by atoms with E-state index in [0.717, 1.165) is 12.1 Å². The van der Waals surface area contributed by atoms with Crippen molar-refractivity contribution in [1.82, 2.24) is 9.80 Å². The van der Waals surface area contributed by atoms with Gasteiger partial charge in [0.1, 0.15) is 5.82 Å². The highest BCUT2D eigenvalue weighted by Gasteiger charge is 2.34. The van der Waals surface area contributed by atoms with E-state index >= 15 is 0 Å². The van der Waals surface area contributed by atoms with Gasteiger partial charge < -0.3 is 10.6 Å². The molecule has 0 aromatic heterocycles. The summed E-state index contributed by atoms with van der Waals surface area (Å²) >= 11 is 0. The van der Waals surface area contributed by atoms with Crippen LogP contribution < -0.4 is 5.73 Å². The van der Waals surface area contributed by atoms with Crippen LogP contribution in [0.2, 0.25) is 0 Å². The highest BCUT2D eigenvalue weighted by Crippen LogP contribution is 2.33. The van der Waals surface area contributed by atoms with E-state index < -0.39 is 23.6 Å². The van der Waals surface area contributed by atoms with Crippen molar-refractivity contribution < 1.29 is 22.4 Å². The molecule has 0 radical (unpaired) electrons. The molecule has 1 saturated heterocycles. The summed E-state index contributed by atoms with van der Waals surface area (Å²) < 4.78 is 52.0. The molecule has 2 rings (SSSR count). The fourth-order valence-electron chi connectivity index (χ4n) is 2.54. The Kier molecular flexibility index (Phi) is 4.90.